The van der Waals surface area contributed by atoms with Crippen molar-refractivity contribution in [3.63, 3.8) is 0 Å². The van der Waals surface area contributed by atoms with E-state index in [-0.39, 0.29) is 25.2 Å². The summed E-state index contributed by atoms with van der Waals surface area (Å²) in [7, 11) is 0. The summed E-state index contributed by atoms with van der Waals surface area (Å²) in [5.41, 5.74) is 1.07. The maximum atomic E-state index is 12.9. The maximum absolute atomic E-state index is 12.9. The van der Waals surface area contributed by atoms with Crippen LogP contribution in [0.1, 0.15) is 54.6 Å². The van der Waals surface area contributed by atoms with Crippen molar-refractivity contribution in [2.45, 2.75) is 45.1 Å². The molecule has 0 aliphatic carbocycles. The Morgan fingerprint density at radius 1 is 1.22 bits per heavy atom. The minimum Gasteiger partial charge on any atom is -0.474 e. The lowest BCUT2D eigenvalue weighted by atomic mass is 9.84. The molecule has 2 aromatic rings. The molecule has 5 heteroatoms. The molecule has 0 aromatic heterocycles. The summed E-state index contributed by atoms with van der Waals surface area (Å²) in [6, 6.07) is 12.7. The van der Waals surface area contributed by atoms with Gasteiger partial charge in [0.15, 0.2) is 5.78 Å². The lowest BCUT2D eigenvalue weighted by Gasteiger charge is -2.36. The minimum absolute atomic E-state index is 0.0526. The largest absolute Gasteiger partial charge is 0.474 e. The van der Waals surface area contributed by atoms with Crippen LogP contribution in [0.2, 0.25) is 5.02 Å². The number of carbonyl (C=O) groups is 2. The van der Waals surface area contributed by atoms with Gasteiger partial charge < -0.3 is 9.47 Å². The summed E-state index contributed by atoms with van der Waals surface area (Å²) in [5.74, 6) is 0.0965. The molecule has 0 fully saturated rings. The second-order valence-corrected chi connectivity index (χ2v) is 7.57. The Morgan fingerprint density at radius 3 is 2.56 bits per heavy atom. The van der Waals surface area contributed by atoms with Crippen molar-refractivity contribution in [3.8, 4) is 5.75 Å². The van der Waals surface area contributed by atoms with Gasteiger partial charge in [-0.1, -0.05) is 43.6 Å². The van der Waals surface area contributed by atoms with Crippen LogP contribution in [-0.2, 0) is 16.0 Å². The van der Waals surface area contributed by atoms with Gasteiger partial charge in [0.25, 0.3) is 0 Å². The van der Waals surface area contributed by atoms with Crippen LogP contribution in [0.3, 0.4) is 0 Å². The zero-order chi connectivity index (χ0) is 19.6. The highest BCUT2D eigenvalue weighted by atomic mass is 35.5. The van der Waals surface area contributed by atoms with E-state index in [2.05, 4.69) is 13.8 Å². The average molecular weight is 387 g/mol. The third kappa shape index (κ3) is 4.01. The van der Waals surface area contributed by atoms with E-state index in [0.717, 1.165) is 11.1 Å². The molecule has 1 unspecified atom stereocenters. The molecule has 0 saturated heterocycles. The monoisotopic (exact) mass is 386 g/mol. The van der Waals surface area contributed by atoms with Gasteiger partial charge in [0, 0.05) is 11.4 Å². The van der Waals surface area contributed by atoms with Crippen LogP contribution >= 0.6 is 11.6 Å². The highest BCUT2D eigenvalue weighted by molar-refractivity contribution is 6.30. The third-order valence-electron chi connectivity index (χ3n) is 4.77. The first-order valence-electron chi connectivity index (χ1n) is 9.12. The standard InChI is InChI=1S/C22H23ClO4/c1-4-26-21(25)22(12-15-5-8-17(23)9-6-15)13-19(24)18-11-16(14(2)3)7-10-20(18)27-22/h5-11,14H,4,12-13H2,1-3H3. The van der Waals surface area contributed by atoms with Crippen molar-refractivity contribution in [2.24, 2.45) is 0 Å². The van der Waals surface area contributed by atoms with Crippen molar-refractivity contribution in [2.75, 3.05) is 6.61 Å². The molecule has 1 aliphatic rings. The first kappa shape index (κ1) is 19.4. The molecule has 1 aliphatic heterocycles. The molecular weight excluding hydrogens is 364 g/mol. The predicted molar refractivity (Wildman–Crippen MR) is 105 cm³/mol. The van der Waals surface area contributed by atoms with Crippen molar-refractivity contribution in [1.29, 1.82) is 0 Å². The molecule has 2 aromatic carbocycles. The molecule has 0 amide bonds. The van der Waals surface area contributed by atoms with Gasteiger partial charge in [0.05, 0.1) is 18.6 Å². The maximum Gasteiger partial charge on any atom is 0.351 e. The minimum atomic E-state index is -1.37. The Kier molecular flexibility index (Phi) is 5.56. The van der Waals surface area contributed by atoms with Gasteiger partial charge in [-0.05, 0) is 48.2 Å². The third-order valence-corrected chi connectivity index (χ3v) is 5.02. The van der Waals surface area contributed by atoms with Gasteiger partial charge in [-0.25, -0.2) is 4.79 Å². The van der Waals surface area contributed by atoms with E-state index in [0.29, 0.717) is 22.3 Å². The van der Waals surface area contributed by atoms with Crippen LogP contribution in [0.4, 0.5) is 0 Å². The Bertz CT molecular complexity index is 857. The lowest BCUT2D eigenvalue weighted by Crippen LogP contribution is -2.51. The van der Waals surface area contributed by atoms with Crippen molar-refractivity contribution in [1.82, 2.24) is 0 Å². The van der Waals surface area contributed by atoms with Crippen molar-refractivity contribution < 1.29 is 19.1 Å². The second-order valence-electron chi connectivity index (χ2n) is 7.13. The topological polar surface area (TPSA) is 52.6 Å². The molecule has 0 bridgehead atoms. The molecule has 1 heterocycles. The molecule has 4 nitrogen and oxygen atoms in total. The summed E-state index contributed by atoms with van der Waals surface area (Å²) in [5, 5.41) is 0.608. The quantitative estimate of drug-likeness (QED) is 0.680. The normalized spacial score (nSPS) is 18.8. The van der Waals surface area contributed by atoms with E-state index < -0.39 is 11.6 Å². The summed E-state index contributed by atoms with van der Waals surface area (Å²) in [6.07, 6.45) is 0.184. The van der Waals surface area contributed by atoms with Gasteiger partial charge >= 0.3 is 5.97 Å². The fourth-order valence-electron chi connectivity index (χ4n) is 3.29. The number of halogens is 1. The van der Waals surface area contributed by atoms with Gasteiger partial charge in [-0.2, -0.15) is 0 Å². The summed E-state index contributed by atoms with van der Waals surface area (Å²) in [4.78, 5) is 25.7. The van der Waals surface area contributed by atoms with Crippen LogP contribution < -0.4 is 4.74 Å². The zero-order valence-corrected chi connectivity index (χ0v) is 16.5. The smallest absolute Gasteiger partial charge is 0.351 e. The highest BCUT2D eigenvalue weighted by Crippen LogP contribution is 2.38. The lowest BCUT2D eigenvalue weighted by molar-refractivity contribution is -0.162. The van der Waals surface area contributed by atoms with E-state index in [1.54, 1.807) is 25.1 Å². The fourth-order valence-corrected chi connectivity index (χ4v) is 3.42. The Balaban J connectivity index is 2.00. The Labute approximate surface area is 164 Å². The number of ketones is 1. The van der Waals surface area contributed by atoms with Crippen LogP contribution in [0, 0.1) is 0 Å². The van der Waals surface area contributed by atoms with Crippen molar-refractivity contribution >= 4 is 23.4 Å². The second kappa shape index (κ2) is 7.73. The molecule has 27 heavy (non-hydrogen) atoms. The Hall–Kier alpha value is -2.33. The number of Topliss-reactive ketones (excluding diaryl/α,β-unsaturated/α-hetero) is 1. The first-order valence-corrected chi connectivity index (χ1v) is 9.50. The number of hydrogen-bond acceptors (Lipinski definition) is 4. The molecule has 0 saturated carbocycles. The van der Waals surface area contributed by atoms with Gasteiger partial charge in [-0.15, -0.1) is 0 Å². The molecular formula is C22H23ClO4. The van der Waals surface area contributed by atoms with E-state index in [1.807, 2.05) is 24.3 Å². The van der Waals surface area contributed by atoms with Gasteiger partial charge in [-0.3, -0.25) is 4.79 Å². The zero-order valence-electron chi connectivity index (χ0n) is 15.8. The number of rotatable bonds is 5. The SMILES string of the molecule is CCOC(=O)C1(Cc2ccc(Cl)cc2)CC(=O)c2cc(C(C)C)ccc2O1. The van der Waals surface area contributed by atoms with Crippen LogP contribution in [-0.4, -0.2) is 24.0 Å². The van der Waals surface area contributed by atoms with E-state index in [1.165, 1.54) is 0 Å². The number of fused-ring (bicyclic) bond motifs is 1. The fraction of sp³-hybridized carbons (Fsp3) is 0.364. The number of hydrogen-bond donors (Lipinski definition) is 0. The van der Waals surface area contributed by atoms with Gasteiger partial charge in [0.2, 0.25) is 5.60 Å². The molecule has 0 N–H and O–H groups in total. The molecule has 0 spiro atoms. The van der Waals surface area contributed by atoms with Crippen LogP contribution in [0.15, 0.2) is 42.5 Å². The summed E-state index contributed by atoms with van der Waals surface area (Å²) < 4.78 is 11.4. The molecule has 3 rings (SSSR count). The number of ether oxygens (including phenoxy) is 2. The number of benzene rings is 2. The summed E-state index contributed by atoms with van der Waals surface area (Å²) in [6.45, 7) is 6.10. The number of esters is 1. The highest BCUT2D eigenvalue weighted by Gasteiger charge is 2.48. The van der Waals surface area contributed by atoms with Gasteiger partial charge in [0.1, 0.15) is 5.75 Å². The van der Waals surface area contributed by atoms with E-state index >= 15 is 0 Å². The average Bonchev–Trinajstić information content (AvgIpc) is 2.63. The molecule has 1 atom stereocenters. The van der Waals surface area contributed by atoms with E-state index in [4.69, 9.17) is 21.1 Å². The van der Waals surface area contributed by atoms with Crippen LogP contribution in [0.5, 0.6) is 5.75 Å². The Morgan fingerprint density at radius 2 is 1.93 bits per heavy atom. The summed E-state index contributed by atoms with van der Waals surface area (Å²) >= 11 is 5.95. The van der Waals surface area contributed by atoms with E-state index in [9.17, 15) is 9.59 Å². The van der Waals surface area contributed by atoms with Crippen molar-refractivity contribution in [3.05, 3.63) is 64.2 Å². The predicted octanol–water partition coefficient (Wildman–Crippen LogP) is 4.97. The molecule has 142 valence electrons. The first-order chi connectivity index (χ1) is 12.8. The van der Waals surface area contributed by atoms with Crippen LogP contribution in [0.25, 0.3) is 0 Å². The number of carbonyl (C=O) groups excluding carboxylic acids is 2. The molecule has 0 radical (unpaired) electrons.